The van der Waals surface area contributed by atoms with E-state index in [9.17, 15) is 29.2 Å². The minimum absolute atomic E-state index is 0.694. The summed E-state index contributed by atoms with van der Waals surface area (Å²) in [5.74, 6) is -4.40. The molecule has 1 fully saturated rings. The number of hydrogen-bond acceptors (Lipinski definition) is 8. The van der Waals surface area contributed by atoms with E-state index in [0.29, 0.717) is 0 Å². The zero-order valence-electron chi connectivity index (χ0n) is 12.3. The maximum atomic E-state index is 11.7. The Labute approximate surface area is 138 Å². The Hall–Kier alpha value is -1.86. The number of nitrogens with one attached hydrogen (secondary N) is 1. The Balaban J connectivity index is 2.14. The molecule has 1 saturated heterocycles. The van der Waals surface area contributed by atoms with Crippen molar-refractivity contribution in [2.75, 3.05) is 6.61 Å². The van der Waals surface area contributed by atoms with Crippen LogP contribution < -0.4 is 11.2 Å². The number of aliphatic hydroxyl groups is 2. The van der Waals surface area contributed by atoms with Gasteiger partial charge in [0.1, 0.15) is 18.3 Å². The number of aliphatic hydroxyl groups excluding tert-OH is 2. The van der Waals surface area contributed by atoms with Crippen molar-refractivity contribution in [1.29, 1.82) is 0 Å². The van der Waals surface area contributed by atoms with Gasteiger partial charge in [0.05, 0.1) is 6.61 Å². The summed E-state index contributed by atoms with van der Waals surface area (Å²) < 4.78 is 21.6. The smallest absolute Gasteiger partial charge is 0.365 e. The third kappa shape index (κ3) is 4.22. The highest BCUT2D eigenvalue weighted by molar-refractivity contribution is 7.53. The lowest BCUT2D eigenvalue weighted by atomic mass is 10.1. The van der Waals surface area contributed by atoms with E-state index >= 15 is 0 Å². The first-order chi connectivity index (χ1) is 11.5. The summed E-state index contributed by atoms with van der Waals surface area (Å²) in [4.78, 5) is 53.3. The highest BCUT2D eigenvalue weighted by atomic mass is 31.2. The lowest BCUT2D eigenvalue weighted by Crippen LogP contribution is -2.38. The quantitative estimate of drug-likeness (QED) is 0.269. The molecule has 14 heteroatoms. The fourth-order valence-corrected chi connectivity index (χ4v) is 2.79. The summed E-state index contributed by atoms with van der Waals surface area (Å²) >= 11 is 0. The van der Waals surface area contributed by atoms with Crippen LogP contribution in [0, 0.1) is 0 Å². The number of aromatic nitrogens is 2. The number of H-pyrrole nitrogens is 1. The molecular formula is C11H15N2O11P. The van der Waals surface area contributed by atoms with Crippen LogP contribution in [0.2, 0.25) is 0 Å². The molecule has 1 aromatic rings. The molecule has 1 aliphatic heterocycles. The van der Waals surface area contributed by atoms with Crippen LogP contribution in [0.3, 0.4) is 0 Å². The van der Waals surface area contributed by atoms with Gasteiger partial charge in [-0.05, 0) is 0 Å². The molecule has 0 bridgehead atoms. The van der Waals surface area contributed by atoms with Crippen molar-refractivity contribution in [2.24, 2.45) is 0 Å². The molecule has 140 valence electrons. The number of carbonyl (C=O) groups is 1. The summed E-state index contributed by atoms with van der Waals surface area (Å²) in [6.07, 6.45) is -5.08. The molecule has 0 amide bonds. The summed E-state index contributed by atoms with van der Waals surface area (Å²) in [6, 6.07) is 0.974. The number of nitrogens with zero attached hydrogens (tertiary/aromatic N) is 1. The largest absolute Gasteiger partial charge is 0.479 e. The number of ether oxygens (including phenoxy) is 2. The van der Waals surface area contributed by atoms with Crippen LogP contribution in [0.1, 0.15) is 6.23 Å². The van der Waals surface area contributed by atoms with Crippen molar-refractivity contribution in [3.63, 3.8) is 0 Å². The van der Waals surface area contributed by atoms with Crippen molar-refractivity contribution in [3.8, 4) is 0 Å². The molecule has 2 heterocycles. The van der Waals surface area contributed by atoms with Crippen LogP contribution in [0.15, 0.2) is 21.9 Å². The summed E-state index contributed by atoms with van der Waals surface area (Å²) in [6.45, 7) is -0.783. The van der Waals surface area contributed by atoms with Crippen LogP contribution in [0.5, 0.6) is 0 Å². The first kappa shape index (κ1) is 19.5. The van der Waals surface area contributed by atoms with E-state index in [1.54, 1.807) is 0 Å². The fraction of sp³-hybridized carbons (Fsp3) is 0.545. The topological polar surface area (TPSA) is 209 Å². The number of carboxylic acid groups (broad SMARTS) is 1. The zero-order chi connectivity index (χ0) is 18.9. The van der Waals surface area contributed by atoms with E-state index < -0.39 is 61.8 Å². The molecular weight excluding hydrogens is 367 g/mol. The van der Waals surface area contributed by atoms with Gasteiger partial charge in [0.25, 0.3) is 11.4 Å². The van der Waals surface area contributed by atoms with Crippen molar-refractivity contribution in [2.45, 2.75) is 30.4 Å². The Morgan fingerprint density at radius 1 is 1.36 bits per heavy atom. The second kappa shape index (κ2) is 7.17. The highest BCUT2D eigenvalue weighted by Crippen LogP contribution is 2.42. The molecule has 25 heavy (non-hydrogen) atoms. The number of aromatic amines is 1. The maximum absolute atomic E-state index is 11.7. The van der Waals surface area contributed by atoms with E-state index in [1.165, 1.54) is 0 Å². The summed E-state index contributed by atoms with van der Waals surface area (Å²) in [5, 5.41) is 28.6. The Morgan fingerprint density at radius 2 is 2.00 bits per heavy atom. The monoisotopic (exact) mass is 382 g/mol. The third-order valence-corrected chi connectivity index (χ3v) is 4.38. The zero-order valence-corrected chi connectivity index (χ0v) is 13.2. The van der Waals surface area contributed by atoms with Crippen LogP contribution in [-0.4, -0.2) is 71.4 Å². The van der Waals surface area contributed by atoms with Crippen LogP contribution in [0.4, 0.5) is 0 Å². The van der Waals surface area contributed by atoms with Gasteiger partial charge in [-0.2, -0.15) is 0 Å². The van der Waals surface area contributed by atoms with Gasteiger partial charge >= 0.3 is 19.3 Å². The van der Waals surface area contributed by atoms with Crippen LogP contribution >= 0.6 is 7.60 Å². The average molecular weight is 382 g/mol. The highest BCUT2D eigenvalue weighted by Gasteiger charge is 2.46. The number of aliphatic carboxylic acids is 1. The maximum Gasteiger partial charge on any atom is 0.365 e. The molecule has 13 nitrogen and oxygen atoms in total. The molecule has 2 rings (SSSR count). The van der Waals surface area contributed by atoms with E-state index in [4.69, 9.17) is 19.6 Å². The van der Waals surface area contributed by atoms with Crippen molar-refractivity contribution in [1.82, 2.24) is 9.55 Å². The minimum Gasteiger partial charge on any atom is -0.479 e. The number of hydrogen-bond donors (Lipinski definition) is 6. The summed E-state index contributed by atoms with van der Waals surface area (Å²) in [5.41, 5.74) is -1.62. The van der Waals surface area contributed by atoms with Gasteiger partial charge in [-0.1, -0.05) is 0 Å². The molecule has 5 atom stereocenters. The standard InChI is InChI=1S/C11H15N2O11P/c14-5-1-2-13(11(19)12-5)8-7(16)6(15)4(24-8)3-23-10(9(17)18)25(20,21)22/h1-2,4,6-8,10,15-16H,3H2,(H,17,18)(H,12,14,19)(H2,20,21,22). The Kier molecular flexibility index (Phi) is 5.58. The lowest BCUT2D eigenvalue weighted by Gasteiger charge is -2.19. The Morgan fingerprint density at radius 3 is 2.52 bits per heavy atom. The molecule has 0 aromatic carbocycles. The normalized spacial score (nSPS) is 28.0. The summed E-state index contributed by atoms with van der Waals surface area (Å²) in [7, 11) is -5.13. The predicted molar refractivity (Wildman–Crippen MR) is 76.7 cm³/mol. The molecule has 1 aromatic heterocycles. The molecule has 6 N–H and O–H groups in total. The SMILES string of the molecule is O=C(O)C(OCC1OC(n2ccc(=O)[nH]c2=O)C(O)C1O)P(=O)(O)O. The van der Waals surface area contributed by atoms with Gasteiger partial charge in [0, 0.05) is 12.3 Å². The molecule has 0 saturated carbocycles. The molecule has 1 aliphatic rings. The second-order valence-corrected chi connectivity index (χ2v) is 6.82. The molecule has 0 aliphatic carbocycles. The molecule has 0 radical (unpaired) electrons. The second-order valence-electron chi connectivity index (χ2n) is 5.18. The number of rotatable bonds is 6. The van der Waals surface area contributed by atoms with Gasteiger partial charge in [0.15, 0.2) is 6.23 Å². The predicted octanol–water partition coefficient (Wildman–Crippen LogP) is -3.24. The van der Waals surface area contributed by atoms with Crippen molar-refractivity contribution in [3.05, 3.63) is 33.1 Å². The molecule has 0 spiro atoms. The minimum atomic E-state index is -5.13. The molecule has 5 unspecified atom stereocenters. The van der Waals surface area contributed by atoms with Crippen molar-refractivity contribution < 1.29 is 43.9 Å². The van der Waals surface area contributed by atoms with Crippen LogP contribution in [0.25, 0.3) is 0 Å². The van der Waals surface area contributed by atoms with Crippen molar-refractivity contribution >= 4 is 13.6 Å². The van der Waals surface area contributed by atoms with E-state index in [0.717, 1.165) is 16.8 Å². The first-order valence-electron chi connectivity index (χ1n) is 6.75. The van der Waals surface area contributed by atoms with Gasteiger partial charge in [0.2, 0.25) is 0 Å². The first-order valence-corrected chi connectivity index (χ1v) is 8.43. The average Bonchev–Trinajstić information content (AvgIpc) is 2.74. The van der Waals surface area contributed by atoms with E-state index in [1.807, 2.05) is 4.98 Å². The Bertz CT molecular complexity index is 798. The van der Waals surface area contributed by atoms with Gasteiger partial charge in [-0.3, -0.25) is 18.9 Å². The number of carboxylic acids is 1. The third-order valence-electron chi connectivity index (χ3n) is 3.40. The lowest BCUT2D eigenvalue weighted by molar-refractivity contribution is -0.149. The van der Waals surface area contributed by atoms with Crippen LogP contribution in [-0.2, 0) is 18.8 Å². The van der Waals surface area contributed by atoms with E-state index in [2.05, 4.69) is 4.74 Å². The van der Waals surface area contributed by atoms with E-state index in [-0.39, 0.29) is 0 Å². The van der Waals surface area contributed by atoms with Gasteiger partial charge in [-0.15, -0.1) is 0 Å². The fourth-order valence-electron chi connectivity index (χ4n) is 2.22. The van der Waals surface area contributed by atoms with Gasteiger partial charge in [-0.25, -0.2) is 9.59 Å². The van der Waals surface area contributed by atoms with Gasteiger partial charge < -0.3 is 34.6 Å².